The zero-order chi connectivity index (χ0) is 29.9. The largest absolute Gasteiger partial charge is 0.480 e. The molecule has 1 unspecified atom stereocenters. The quantitative estimate of drug-likeness (QED) is 0.396. The first-order valence-corrected chi connectivity index (χ1v) is 14.5. The van der Waals surface area contributed by atoms with Crippen LogP contribution in [0.15, 0.2) is 12.4 Å². The van der Waals surface area contributed by atoms with E-state index in [-0.39, 0.29) is 29.1 Å². The topological polar surface area (TPSA) is 168 Å². The summed E-state index contributed by atoms with van der Waals surface area (Å²) in [6, 6.07) is -2.83. The molecule has 1 aliphatic heterocycles. The highest BCUT2D eigenvalue weighted by atomic mass is 16.5. The average molecular weight is 572 g/mol. The van der Waals surface area contributed by atoms with Crippen LogP contribution in [0, 0.1) is 23.2 Å². The Morgan fingerprint density at radius 2 is 1.61 bits per heavy atom. The number of aromatic nitrogens is 2. The minimum absolute atomic E-state index is 0.0529. The number of nitrogens with one attached hydrogen (secondary N) is 2. The molecule has 4 rings (SSSR count). The second-order valence-corrected chi connectivity index (χ2v) is 12.6. The van der Waals surface area contributed by atoms with Gasteiger partial charge in [-0.05, 0) is 48.9 Å². The summed E-state index contributed by atoms with van der Waals surface area (Å²) in [5.74, 6) is -3.31. The Kier molecular flexibility index (Phi) is 9.28. The van der Waals surface area contributed by atoms with E-state index in [0.29, 0.717) is 6.54 Å². The number of likely N-dealkylation sites (tertiary alicyclic amines) is 1. The molecule has 3 amide bonds. The van der Waals surface area contributed by atoms with Crippen LogP contribution in [0.5, 0.6) is 0 Å². The number of methoxy groups -OCH3 is 1. The smallest absolute Gasteiger partial charge is 0.358 e. The molecular formula is C29H41N5O7. The number of esters is 1. The Bertz CT molecular complexity index is 1160. The summed E-state index contributed by atoms with van der Waals surface area (Å²) >= 11 is 0. The maximum Gasteiger partial charge on any atom is 0.358 e. The summed E-state index contributed by atoms with van der Waals surface area (Å²) < 4.78 is 4.62. The third-order valence-corrected chi connectivity index (χ3v) is 8.80. The van der Waals surface area contributed by atoms with Gasteiger partial charge in [-0.25, -0.2) is 19.6 Å². The molecule has 0 aromatic carbocycles. The highest BCUT2D eigenvalue weighted by Gasteiger charge is 2.52. The molecule has 1 aromatic rings. The molecule has 2 aliphatic carbocycles. The molecule has 0 bridgehead atoms. The van der Waals surface area contributed by atoms with Crippen LogP contribution in [0.2, 0.25) is 0 Å². The molecule has 2 heterocycles. The first-order valence-electron chi connectivity index (χ1n) is 14.5. The standard InChI is InChI=1S/C29H41N5O7/c1-29(2,3)23(26(37)34-15-17-11-8-12-18(17)22(34)27(38)39)33-25(36)21(16-9-6-5-7-10-16)32-24(35)19-13-31-20(14-30-19)28(40)41-4/h13-14,16-18,21-23H,5-12,15H2,1-4H3,(H,32,35)(H,33,36)(H,38,39)/t17-,18?,21-,22-,23+/m0/s1. The molecule has 2 saturated carbocycles. The predicted octanol–water partition coefficient (Wildman–Crippen LogP) is 2.18. The lowest BCUT2D eigenvalue weighted by Gasteiger charge is -2.37. The fourth-order valence-corrected chi connectivity index (χ4v) is 6.63. The van der Waals surface area contributed by atoms with Crippen LogP contribution in [0.3, 0.4) is 0 Å². The van der Waals surface area contributed by atoms with Crippen molar-refractivity contribution in [3.8, 4) is 0 Å². The Hall–Kier alpha value is -3.57. The normalized spacial score (nSPS) is 24.2. The number of hydrogen-bond acceptors (Lipinski definition) is 8. The lowest BCUT2D eigenvalue weighted by atomic mass is 9.82. The van der Waals surface area contributed by atoms with E-state index in [1.165, 1.54) is 12.0 Å². The van der Waals surface area contributed by atoms with E-state index < -0.39 is 53.2 Å². The van der Waals surface area contributed by atoms with Crippen LogP contribution >= 0.6 is 0 Å². The van der Waals surface area contributed by atoms with Crippen molar-refractivity contribution in [2.45, 2.75) is 90.3 Å². The summed E-state index contributed by atoms with van der Waals surface area (Å²) in [4.78, 5) is 74.3. The summed E-state index contributed by atoms with van der Waals surface area (Å²) in [5.41, 5.74) is -0.838. The monoisotopic (exact) mass is 571 g/mol. The molecule has 41 heavy (non-hydrogen) atoms. The molecule has 12 nitrogen and oxygen atoms in total. The van der Waals surface area contributed by atoms with Gasteiger partial charge in [0.25, 0.3) is 5.91 Å². The Balaban J connectivity index is 1.55. The van der Waals surface area contributed by atoms with E-state index in [4.69, 9.17) is 0 Å². The highest BCUT2D eigenvalue weighted by molar-refractivity contribution is 5.98. The lowest BCUT2D eigenvalue weighted by Crippen LogP contribution is -2.61. The number of ether oxygens (including phenoxy) is 1. The number of fused-ring (bicyclic) bond motifs is 1. The fourth-order valence-electron chi connectivity index (χ4n) is 6.63. The molecule has 3 fully saturated rings. The molecule has 1 saturated heterocycles. The maximum absolute atomic E-state index is 13.9. The van der Waals surface area contributed by atoms with Gasteiger partial charge in [-0.3, -0.25) is 14.4 Å². The maximum atomic E-state index is 13.9. The number of aliphatic carboxylic acids is 1. The molecule has 1 aromatic heterocycles. The first kappa shape index (κ1) is 30.4. The minimum atomic E-state index is -1.02. The third-order valence-electron chi connectivity index (χ3n) is 8.80. The second kappa shape index (κ2) is 12.5. The zero-order valence-corrected chi connectivity index (χ0v) is 24.2. The van der Waals surface area contributed by atoms with Gasteiger partial charge >= 0.3 is 11.9 Å². The first-order chi connectivity index (χ1) is 19.4. The summed E-state index contributed by atoms with van der Waals surface area (Å²) in [6.07, 6.45) is 9.24. The number of hydrogen-bond donors (Lipinski definition) is 3. The summed E-state index contributed by atoms with van der Waals surface area (Å²) in [5, 5.41) is 15.7. The number of carbonyl (C=O) groups excluding carboxylic acids is 4. The van der Waals surface area contributed by atoms with Crippen molar-refractivity contribution < 1.29 is 33.8 Å². The zero-order valence-electron chi connectivity index (χ0n) is 24.2. The van der Waals surface area contributed by atoms with Crippen molar-refractivity contribution >= 4 is 29.7 Å². The van der Waals surface area contributed by atoms with Gasteiger partial charge in [-0.1, -0.05) is 46.5 Å². The summed E-state index contributed by atoms with van der Waals surface area (Å²) in [6.45, 7) is 5.85. The van der Waals surface area contributed by atoms with Crippen molar-refractivity contribution in [2.24, 2.45) is 23.2 Å². The van der Waals surface area contributed by atoms with Gasteiger partial charge in [0.2, 0.25) is 11.8 Å². The van der Waals surface area contributed by atoms with Crippen LogP contribution in [-0.4, -0.2) is 81.4 Å². The van der Waals surface area contributed by atoms with Crippen molar-refractivity contribution in [3.63, 3.8) is 0 Å². The molecule has 0 radical (unpaired) electrons. The molecule has 5 atom stereocenters. The van der Waals surface area contributed by atoms with Gasteiger partial charge in [-0.2, -0.15) is 0 Å². The van der Waals surface area contributed by atoms with Crippen molar-refractivity contribution in [1.82, 2.24) is 25.5 Å². The number of carboxylic acid groups (broad SMARTS) is 1. The van der Waals surface area contributed by atoms with E-state index in [1.807, 2.05) is 20.8 Å². The molecule has 0 spiro atoms. The van der Waals surface area contributed by atoms with Gasteiger partial charge in [-0.15, -0.1) is 0 Å². The number of rotatable bonds is 8. The second-order valence-electron chi connectivity index (χ2n) is 12.6. The molecule has 12 heteroatoms. The van der Waals surface area contributed by atoms with Crippen molar-refractivity contribution in [1.29, 1.82) is 0 Å². The Morgan fingerprint density at radius 1 is 0.951 bits per heavy atom. The third kappa shape index (κ3) is 6.68. The lowest BCUT2D eigenvalue weighted by molar-refractivity contribution is -0.152. The number of carboxylic acids is 1. The SMILES string of the molecule is COC(=O)c1cnc(C(=O)N[C@H](C(=O)N[C@H](C(=O)N2C[C@@H]3CCCC3[C@H]2C(=O)O)C(C)(C)C)C2CCCCC2)cn1. The van der Waals surface area contributed by atoms with E-state index in [0.717, 1.165) is 63.8 Å². The van der Waals surface area contributed by atoms with Crippen LogP contribution in [0.4, 0.5) is 0 Å². The van der Waals surface area contributed by atoms with Gasteiger partial charge < -0.3 is 25.4 Å². The van der Waals surface area contributed by atoms with E-state index in [1.54, 1.807) is 0 Å². The Morgan fingerprint density at radius 3 is 2.20 bits per heavy atom. The van der Waals surface area contributed by atoms with Gasteiger partial charge in [0.1, 0.15) is 23.8 Å². The van der Waals surface area contributed by atoms with E-state index in [9.17, 15) is 29.1 Å². The van der Waals surface area contributed by atoms with Crippen molar-refractivity contribution in [2.75, 3.05) is 13.7 Å². The van der Waals surface area contributed by atoms with Crippen LogP contribution in [-0.2, 0) is 19.1 Å². The highest BCUT2D eigenvalue weighted by Crippen LogP contribution is 2.43. The average Bonchev–Trinajstić information content (AvgIpc) is 3.55. The number of nitrogens with zero attached hydrogens (tertiary/aromatic N) is 3. The number of carbonyl (C=O) groups is 5. The molecule has 224 valence electrons. The van der Waals surface area contributed by atoms with Crippen LogP contribution in [0.25, 0.3) is 0 Å². The van der Waals surface area contributed by atoms with Gasteiger partial charge in [0.05, 0.1) is 19.5 Å². The minimum Gasteiger partial charge on any atom is -0.480 e. The molecule has 3 N–H and O–H groups in total. The van der Waals surface area contributed by atoms with Crippen molar-refractivity contribution in [3.05, 3.63) is 23.8 Å². The van der Waals surface area contributed by atoms with Gasteiger partial charge in [0, 0.05) is 6.54 Å². The molecule has 3 aliphatic rings. The van der Waals surface area contributed by atoms with E-state index in [2.05, 4.69) is 25.3 Å². The van der Waals surface area contributed by atoms with Gasteiger partial charge in [0.15, 0.2) is 5.69 Å². The Labute approximate surface area is 240 Å². The summed E-state index contributed by atoms with van der Waals surface area (Å²) in [7, 11) is 1.21. The molecular weight excluding hydrogens is 530 g/mol. The fraction of sp³-hybridized carbons (Fsp3) is 0.690. The predicted molar refractivity (Wildman–Crippen MR) is 147 cm³/mol. The van der Waals surface area contributed by atoms with E-state index >= 15 is 0 Å². The van der Waals surface area contributed by atoms with Crippen LogP contribution in [0.1, 0.15) is 93.1 Å². The number of amides is 3. The van der Waals surface area contributed by atoms with Crippen LogP contribution < -0.4 is 10.6 Å².